The van der Waals surface area contributed by atoms with Crippen LogP contribution in [0.2, 0.25) is 0 Å². The number of carbonyl (C=O) groups is 11. The lowest BCUT2D eigenvalue weighted by Crippen LogP contribution is -2.48. The van der Waals surface area contributed by atoms with E-state index in [1.165, 1.54) is 41.5 Å². The van der Waals surface area contributed by atoms with Crippen molar-refractivity contribution in [3.63, 3.8) is 0 Å². The van der Waals surface area contributed by atoms with Crippen LogP contribution in [0.4, 0.5) is 9.59 Å². The van der Waals surface area contributed by atoms with Crippen molar-refractivity contribution in [1.29, 1.82) is 0 Å². The molecule has 54 heavy (non-hydrogen) atoms. The zero-order chi connectivity index (χ0) is 40.6. The first-order chi connectivity index (χ1) is 24.9. The zero-order valence-electron chi connectivity index (χ0n) is 29.9. The number of carboxylic acids is 2. The van der Waals surface area contributed by atoms with E-state index in [9.17, 15) is 63.0 Å². The smallest absolute Gasteiger partial charge is 0.408 e. The first-order valence-corrected chi connectivity index (χ1v) is 16.4. The number of nitrogens with one attached hydrogen (secondary N) is 2. The van der Waals surface area contributed by atoms with Gasteiger partial charge >= 0.3 is 24.1 Å². The predicted molar refractivity (Wildman–Crippen MR) is 181 cm³/mol. The number of fused-ring (bicyclic) bond motifs is 2. The van der Waals surface area contributed by atoms with Gasteiger partial charge in [0.15, 0.2) is 40.5 Å². The Balaban J connectivity index is 1.58. The maximum Gasteiger partial charge on any atom is 0.408 e. The van der Waals surface area contributed by atoms with Crippen LogP contribution in [-0.4, -0.2) is 98.1 Å². The van der Waals surface area contributed by atoms with Gasteiger partial charge in [-0.15, -0.1) is 0 Å². The van der Waals surface area contributed by atoms with Gasteiger partial charge in [-0.05, 0) is 65.8 Å². The summed E-state index contributed by atoms with van der Waals surface area (Å²) in [7, 11) is 0. The van der Waals surface area contributed by atoms with Crippen LogP contribution in [0.3, 0.4) is 0 Å². The number of carbonyl (C=O) groups excluding carboxylic acids is 9. The Morgan fingerprint density at radius 3 is 1.19 bits per heavy atom. The maximum absolute atomic E-state index is 13.6. The van der Waals surface area contributed by atoms with Crippen LogP contribution in [-0.2, 0) is 28.7 Å². The third-order valence-electron chi connectivity index (χ3n) is 8.07. The monoisotopic (exact) mass is 748 g/mol. The molecule has 2 aliphatic carbocycles. The number of hydrogen-bond acceptors (Lipinski definition) is 13. The molecular formula is C37H36N2O15. The average molecular weight is 749 g/mol. The van der Waals surface area contributed by atoms with Crippen LogP contribution in [0.1, 0.15) is 112 Å². The quantitative estimate of drug-likeness (QED) is 0.179. The van der Waals surface area contributed by atoms with E-state index in [0.29, 0.717) is 0 Å². The van der Waals surface area contributed by atoms with E-state index in [2.05, 4.69) is 10.6 Å². The van der Waals surface area contributed by atoms with E-state index >= 15 is 0 Å². The van der Waals surface area contributed by atoms with Crippen molar-refractivity contribution < 1.29 is 72.4 Å². The van der Waals surface area contributed by atoms with Crippen LogP contribution >= 0.6 is 0 Å². The summed E-state index contributed by atoms with van der Waals surface area (Å²) in [6, 6.07) is 2.98. The van der Waals surface area contributed by atoms with Gasteiger partial charge in [0, 0.05) is 33.4 Å². The lowest BCUT2D eigenvalue weighted by Gasteiger charge is -2.23. The molecule has 2 aromatic rings. The number of amides is 2. The molecule has 0 heterocycles. The van der Waals surface area contributed by atoms with Gasteiger partial charge in [-0.3, -0.25) is 43.2 Å². The molecule has 2 aromatic carbocycles. The predicted octanol–water partition coefficient (Wildman–Crippen LogP) is 2.78. The SMILES string of the molecule is CC(C)(C)OC(=O)N[C@@H](CC(=O)O)C(=O)C1C(=O)c2ccc(C(=O)c3ccc4c(c3)C(=O)C(C(=O)[C@H](CC(=O)O)NC(=O)OC(C)(C)C)C4=O)cc2C1=O. The molecule has 4 N–H and O–H groups in total. The molecule has 0 fully saturated rings. The molecule has 0 saturated heterocycles. The second kappa shape index (κ2) is 14.9. The lowest BCUT2D eigenvalue weighted by atomic mass is 9.91. The molecule has 4 atom stereocenters. The highest BCUT2D eigenvalue weighted by Crippen LogP contribution is 2.33. The molecule has 4 rings (SSSR count). The number of ketones is 7. The maximum atomic E-state index is 13.6. The number of hydrogen-bond donors (Lipinski definition) is 4. The summed E-state index contributed by atoms with van der Waals surface area (Å²) in [6.45, 7) is 9.12. The standard InChI is InChI=1S/C37H36N2O15/c1-36(2,3)53-34(51)38-21(13-23(40)41)32(49)25-28(45)17-9-7-15(11-19(17)30(25)47)27(44)16-8-10-18-20(12-16)31(48)26(29(18)46)33(50)22(14-24(42)43)39-35(52)54-37(4,5)6/h7-12,21-22,25-26H,13-14H2,1-6H3,(H,38,51)(H,39,52)(H,40,41)(H,42,43)/t21-,22-,25?,26?/m0/s1. The number of carboxylic acid groups (broad SMARTS) is 2. The molecule has 0 saturated carbocycles. The van der Waals surface area contributed by atoms with Crippen molar-refractivity contribution in [2.45, 2.75) is 77.7 Å². The summed E-state index contributed by atoms with van der Waals surface area (Å²) < 4.78 is 10.1. The molecule has 284 valence electrons. The van der Waals surface area contributed by atoms with Gasteiger partial charge in [0.05, 0.1) is 12.8 Å². The third-order valence-corrected chi connectivity index (χ3v) is 8.07. The average Bonchev–Trinajstić information content (AvgIpc) is 3.43. The minimum atomic E-state index is -2.03. The topological polar surface area (TPSA) is 271 Å². The van der Waals surface area contributed by atoms with Crippen LogP contribution in [0.15, 0.2) is 36.4 Å². The highest BCUT2D eigenvalue weighted by Gasteiger charge is 2.48. The molecule has 0 aromatic heterocycles. The molecule has 0 radical (unpaired) electrons. The number of alkyl carbamates (subject to hydrolysis) is 2. The van der Waals surface area contributed by atoms with Gasteiger partial charge in [-0.1, -0.05) is 12.1 Å². The van der Waals surface area contributed by atoms with Gasteiger partial charge in [0.25, 0.3) is 0 Å². The van der Waals surface area contributed by atoms with Gasteiger partial charge in [0.2, 0.25) is 0 Å². The molecule has 2 amide bonds. The van der Waals surface area contributed by atoms with Gasteiger partial charge in [-0.2, -0.15) is 0 Å². The van der Waals surface area contributed by atoms with Crippen LogP contribution < -0.4 is 10.6 Å². The van der Waals surface area contributed by atoms with Crippen molar-refractivity contribution in [3.05, 3.63) is 69.8 Å². The summed E-state index contributed by atoms with van der Waals surface area (Å²) in [4.78, 5) is 141. The molecule has 0 bridgehead atoms. The molecule has 0 spiro atoms. The second-order valence-corrected chi connectivity index (χ2v) is 14.6. The number of Topliss-reactive ketones (excluding diaryl/α,β-unsaturated/α-hetero) is 6. The molecule has 2 aliphatic rings. The normalized spacial score (nSPS) is 17.5. The number of rotatable bonds is 12. The van der Waals surface area contributed by atoms with E-state index in [-0.39, 0.29) is 33.4 Å². The van der Waals surface area contributed by atoms with Gasteiger partial charge in [-0.25, -0.2) is 9.59 Å². The van der Waals surface area contributed by atoms with E-state index in [1.807, 2.05) is 0 Å². The Morgan fingerprint density at radius 1 is 0.574 bits per heavy atom. The van der Waals surface area contributed by atoms with Crippen molar-refractivity contribution in [2.24, 2.45) is 11.8 Å². The van der Waals surface area contributed by atoms with Crippen LogP contribution in [0.5, 0.6) is 0 Å². The summed E-state index contributed by atoms with van der Waals surface area (Å²) in [5, 5.41) is 22.9. The minimum absolute atomic E-state index is 0.190. The Labute approximate surface area is 306 Å². The van der Waals surface area contributed by atoms with Crippen molar-refractivity contribution in [3.8, 4) is 0 Å². The van der Waals surface area contributed by atoms with Crippen molar-refractivity contribution >= 4 is 64.6 Å². The largest absolute Gasteiger partial charge is 0.481 e. The summed E-state index contributed by atoms with van der Waals surface area (Å²) >= 11 is 0. The van der Waals surface area contributed by atoms with Gasteiger partial charge < -0.3 is 30.3 Å². The Hall–Kier alpha value is -6.39. The number of benzene rings is 2. The van der Waals surface area contributed by atoms with E-state index in [1.54, 1.807) is 0 Å². The highest BCUT2D eigenvalue weighted by atomic mass is 16.6. The second-order valence-electron chi connectivity index (χ2n) is 14.6. The zero-order valence-corrected chi connectivity index (χ0v) is 29.9. The van der Waals surface area contributed by atoms with E-state index < -0.39 is 113 Å². The van der Waals surface area contributed by atoms with Crippen molar-refractivity contribution in [1.82, 2.24) is 10.6 Å². The molecule has 17 nitrogen and oxygen atoms in total. The van der Waals surface area contributed by atoms with Crippen LogP contribution in [0, 0.1) is 11.8 Å². The fourth-order valence-corrected chi connectivity index (χ4v) is 5.85. The van der Waals surface area contributed by atoms with Crippen LogP contribution in [0.25, 0.3) is 0 Å². The number of ether oxygens (including phenoxy) is 2. The highest BCUT2D eigenvalue weighted by molar-refractivity contribution is 6.38. The Kier molecular flexibility index (Phi) is 11.2. The Morgan fingerprint density at radius 2 is 0.889 bits per heavy atom. The number of aliphatic carboxylic acids is 2. The van der Waals surface area contributed by atoms with E-state index in [0.717, 1.165) is 36.4 Å². The molecular weight excluding hydrogens is 712 g/mol. The first kappa shape index (κ1) is 40.4. The summed E-state index contributed by atoms with van der Waals surface area (Å²) in [5.74, 6) is -14.4. The third kappa shape index (κ3) is 8.79. The Bertz CT molecular complexity index is 1910. The fourth-order valence-electron chi connectivity index (χ4n) is 5.85. The summed E-state index contributed by atoms with van der Waals surface area (Å²) in [5.41, 5.74) is -3.58. The minimum Gasteiger partial charge on any atom is -0.481 e. The fraction of sp³-hybridized carbons (Fsp3) is 0.378. The molecule has 0 aliphatic heterocycles. The molecule has 2 unspecified atom stereocenters. The van der Waals surface area contributed by atoms with E-state index in [4.69, 9.17) is 9.47 Å². The summed E-state index contributed by atoms with van der Waals surface area (Å²) in [6.07, 6.45) is -4.26. The first-order valence-electron chi connectivity index (χ1n) is 16.4. The van der Waals surface area contributed by atoms with Gasteiger partial charge in [0.1, 0.15) is 35.1 Å². The lowest BCUT2D eigenvalue weighted by molar-refractivity contribution is -0.140. The van der Waals surface area contributed by atoms with Crippen molar-refractivity contribution in [2.75, 3.05) is 0 Å². The molecule has 17 heteroatoms.